The van der Waals surface area contributed by atoms with Gasteiger partial charge in [0.05, 0.1) is 18.1 Å². The van der Waals surface area contributed by atoms with Gasteiger partial charge in [0.25, 0.3) is 0 Å². The van der Waals surface area contributed by atoms with Crippen LogP contribution in [-0.4, -0.2) is 36.2 Å². The monoisotopic (exact) mass is 212 g/mol. The van der Waals surface area contributed by atoms with Crippen molar-refractivity contribution in [1.29, 1.82) is 0 Å². The van der Waals surface area contributed by atoms with Crippen molar-refractivity contribution < 1.29 is 9.90 Å². The molecule has 1 heterocycles. The summed E-state index contributed by atoms with van der Waals surface area (Å²) in [5, 5.41) is 15.9. The minimum Gasteiger partial charge on any atom is -0.391 e. The Hall–Kier alpha value is -0.610. The van der Waals surface area contributed by atoms with Gasteiger partial charge in [-0.25, -0.2) is 0 Å². The van der Waals surface area contributed by atoms with Gasteiger partial charge in [0, 0.05) is 6.54 Å². The summed E-state index contributed by atoms with van der Waals surface area (Å²) in [5.41, 5.74) is 0. The molecule has 0 radical (unpaired) electrons. The van der Waals surface area contributed by atoms with Gasteiger partial charge in [0.1, 0.15) is 0 Å². The maximum absolute atomic E-state index is 11.8. The Balaban J connectivity index is 1.81. The van der Waals surface area contributed by atoms with Gasteiger partial charge in [0.2, 0.25) is 5.91 Å². The second-order valence-corrected chi connectivity index (χ2v) is 4.66. The van der Waals surface area contributed by atoms with E-state index in [1.54, 1.807) is 0 Å². The van der Waals surface area contributed by atoms with E-state index in [0.29, 0.717) is 0 Å². The van der Waals surface area contributed by atoms with Crippen molar-refractivity contribution in [3.8, 4) is 0 Å². The molecule has 2 aliphatic rings. The molecular weight excluding hydrogens is 192 g/mol. The second-order valence-electron chi connectivity index (χ2n) is 4.66. The van der Waals surface area contributed by atoms with Crippen molar-refractivity contribution in [3.63, 3.8) is 0 Å². The number of aliphatic hydroxyl groups is 1. The summed E-state index contributed by atoms with van der Waals surface area (Å²) >= 11 is 0. The molecule has 0 aromatic heterocycles. The first kappa shape index (κ1) is 10.9. The standard InChI is InChI=1S/C11H20N2O2/c14-10-4-2-1-3-9(10)13-11(15)8-5-6-12-7-8/h8-10,12,14H,1-7H2,(H,13,15). The summed E-state index contributed by atoms with van der Waals surface area (Å²) in [6.45, 7) is 1.72. The topological polar surface area (TPSA) is 61.4 Å². The normalized spacial score (nSPS) is 36.5. The largest absolute Gasteiger partial charge is 0.391 e. The van der Waals surface area contributed by atoms with Gasteiger partial charge in [-0.15, -0.1) is 0 Å². The quantitative estimate of drug-likeness (QED) is 0.604. The summed E-state index contributed by atoms with van der Waals surface area (Å²) in [4.78, 5) is 11.8. The van der Waals surface area contributed by atoms with Crippen LogP contribution in [0.5, 0.6) is 0 Å². The minimum atomic E-state index is -0.336. The van der Waals surface area contributed by atoms with Crippen molar-refractivity contribution >= 4 is 5.91 Å². The highest BCUT2D eigenvalue weighted by molar-refractivity contribution is 5.79. The van der Waals surface area contributed by atoms with Gasteiger partial charge in [-0.1, -0.05) is 12.8 Å². The third-order valence-corrected chi connectivity index (χ3v) is 3.49. The van der Waals surface area contributed by atoms with E-state index in [1.807, 2.05) is 0 Å². The molecule has 3 unspecified atom stereocenters. The van der Waals surface area contributed by atoms with Gasteiger partial charge in [-0.05, 0) is 25.8 Å². The lowest BCUT2D eigenvalue weighted by atomic mass is 9.92. The molecule has 1 saturated heterocycles. The van der Waals surface area contributed by atoms with Crippen LogP contribution >= 0.6 is 0 Å². The maximum atomic E-state index is 11.8. The van der Waals surface area contributed by atoms with E-state index >= 15 is 0 Å². The zero-order valence-electron chi connectivity index (χ0n) is 9.04. The molecule has 0 aromatic carbocycles. The van der Waals surface area contributed by atoms with Crippen LogP contribution in [0.4, 0.5) is 0 Å². The smallest absolute Gasteiger partial charge is 0.224 e. The first-order valence-electron chi connectivity index (χ1n) is 5.96. The first-order chi connectivity index (χ1) is 7.27. The maximum Gasteiger partial charge on any atom is 0.224 e. The molecule has 2 fully saturated rings. The lowest BCUT2D eigenvalue weighted by molar-refractivity contribution is -0.126. The summed E-state index contributed by atoms with van der Waals surface area (Å²) < 4.78 is 0. The fourth-order valence-corrected chi connectivity index (χ4v) is 2.46. The van der Waals surface area contributed by atoms with Crippen LogP contribution in [0.3, 0.4) is 0 Å². The predicted molar refractivity (Wildman–Crippen MR) is 57.4 cm³/mol. The molecule has 1 aliphatic heterocycles. The van der Waals surface area contributed by atoms with Crippen LogP contribution in [0.1, 0.15) is 32.1 Å². The number of hydrogen-bond donors (Lipinski definition) is 3. The van der Waals surface area contributed by atoms with E-state index in [2.05, 4.69) is 10.6 Å². The van der Waals surface area contributed by atoms with Crippen molar-refractivity contribution in [2.45, 2.75) is 44.2 Å². The number of hydrogen-bond acceptors (Lipinski definition) is 3. The Labute approximate surface area is 90.4 Å². The highest BCUT2D eigenvalue weighted by Gasteiger charge is 2.28. The van der Waals surface area contributed by atoms with Gasteiger partial charge in [-0.3, -0.25) is 4.79 Å². The van der Waals surface area contributed by atoms with Crippen LogP contribution in [-0.2, 0) is 4.79 Å². The minimum absolute atomic E-state index is 0.00755. The highest BCUT2D eigenvalue weighted by atomic mass is 16.3. The molecule has 15 heavy (non-hydrogen) atoms. The lowest BCUT2D eigenvalue weighted by Gasteiger charge is -2.29. The molecule has 0 aromatic rings. The van der Waals surface area contributed by atoms with Crippen molar-refractivity contribution in [3.05, 3.63) is 0 Å². The van der Waals surface area contributed by atoms with Gasteiger partial charge >= 0.3 is 0 Å². The van der Waals surface area contributed by atoms with Crippen molar-refractivity contribution in [1.82, 2.24) is 10.6 Å². The molecule has 4 nitrogen and oxygen atoms in total. The number of rotatable bonds is 2. The van der Waals surface area contributed by atoms with Crippen molar-refractivity contribution in [2.24, 2.45) is 5.92 Å². The third kappa shape index (κ3) is 2.69. The molecule has 3 N–H and O–H groups in total. The molecule has 4 heteroatoms. The summed E-state index contributed by atoms with van der Waals surface area (Å²) in [6, 6.07) is -0.00755. The Morgan fingerprint density at radius 1 is 1.27 bits per heavy atom. The van der Waals surface area contributed by atoms with E-state index in [0.717, 1.165) is 45.2 Å². The van der Waals surface area contributed by atoms with E-state index < -0.39 is 0 Å². The highest BCUT2D eigenvalue weighted by Crippen LogP contribution is 2.19. The third-order valence-electron chi connectivity index (χ3n) is 3.49. The fourth-order valence-electron chi connectivity index (χ4n) is 2.46. The number of carbonyl (C=O) groups excluding carboxylic acids is 1. The molecule has 86 valence electrons. The molecule has 0 spiro atoms. The molecule has 1 aliphatic carbocycles. The zero-order valence-corrected chi connectivity index (χ0v) is 9.04. The van der Waals surface area contributed by atoms with Crippen LogP contribution < -0.4 is 10.6 Å². The second kappa shape index (κ2) is 4.94. The van der Waals surface area contributed by atoms with Gasteiger partial charge < -0.3 is 15.7 Å². The Morgan fingerprint density at radius 2 is 2.07 bits per heavy atom. The van der Waals surface area contributed by atoms with E-state index in [4.69, 9.17) is 0 Å². The average molecular weight is 212 g/mol. The first-order valence-corrected chi connectivity index (χ1v) is 5.96. The Bertz CT molecular complexity index is 227. The fraction of sp³-hybridized carbons (Fsp3) is 0.909. The molecule has 2 rings (SSSR count). The molecule has 3 atom stereocenters. The molecule has 0 bridgehead atoms. The number of nitrogens with one attached hydrogen (secondary N) is 2. The van der Waals surface area contributed by atoms with Gasteiger partial charge in [-0.2, -0.15) is 0 Å². The van der Waals surface area contributed by atoms with Crippen molar-refractivity contribution in [2.75, 3.05) is 13.1 Å². The summed E-state index contributed by atoms with van der Waals surface area (Å²) in [5.74, 6) is 0.227. The van der Waals surface area contributed by atoms with Crippen LogP contribution in [0, 0.1) is 5.92 Å². The van der Waals surface area contributed by atoms with E-state index in [-0.39, 0.29) is 24.0 Å². The van der Waals surface area contributed by atoms with Crippen LogP contribution in [0.25, 0.3) is 0 Å². The van der Waals surface area contributed by atoms with E-state index in [1.165, 1.54) is 0 Å². The number of carbonyl (C=O) groups is 1. The summed E-state index contributed by atoms with van der Waals surface area (Å²) in [6.07, 6.45) is 4.54. The molecular formula is C11H20N2O2. The summed E-state index contributed by atoms with van der Waals surface area (Å²) in [7, 11) is 0. The SMILES string of the molecule is O=C(NC1CCCCC1O)C1CCNC1. The molecule has 1 saturated carbocycles. The zero-order chi connectivity index (χ0) is 10.7. The molecule has 1 amide bonds. The van der Waals surface area contributed by atoms with Gasteiger partial charge in [0.15, 0.2) is 0 Å². The Morgan fingerprint density at radius 3 is 2.73 bits per heavy atom. The predicted octanol–water partition coefficient (Wildman–Crippen LogP) is 0.0156. The number of aliphatic hydroxyl groups excluding tert-OH is 1. The van der Waals surface area contributed by atoms with Crippen LogP contribution in [0.2, 0.25) is 0 Å². The average Bonchev–Trinajstić information content (AvgIpc) is 2.74. The van der Waals surface area contributed by atoms with Crippen LogP contribution in [0.15, 0.2) is 0 Å². The lowest BCUT2D eigenvalue weighted by Crippen LogP contribution is -2.47. The number of amides is 1. The Kier molecular flexibility index (Phi) is 3.59. The van der Waals surface area contributed by atoms with E-state index in [9.17, 15) is 9.90 Å².